The summed E-state index contributed by atoms with van der Waals surface area (Å²) in [6.07, 6.45) is -0.171. The Bertz CT molecular complexity index is 887. The van der Waals surface area contributed by atoms with E-state index in [1.807, 2.05) is 0 Å². The molecule has 1 unspecified atom stereocenters. The van der Waals surface area contributed by atoms with Crippen LogP contribution in [-0.4, -0.2) is 29.3 Å². The first kappa shape index (κ1) is 21.0. The topological polar surface area (TPSA) is 128 Å². The number of halogens is 1. The molecule has 11 heteroatoms. The molecule has 148 valence electrons. The Morgan fingerprint density at radius 3 is 2.68 bits per heavy atom. The first-order chi connectivity index (χ1) is 13.3. The average Bonchev–Trinajstić information content (AvgIpc) is 3.15. The lowest BCUT2D eigenvalue weighted by Crippen LogP contribution is -2.29. The highest BCUT2D eigenvalue weighted by Crippen LogP contribution is 2.23. The number of ether oxygens (including phenoxy) is 1. The van der Waals surface area contributed by atoms with E-state index in [1.165, 1.54) is 18.3 Å². The Hall–Kier alpha value is -3.34. The molecule has 2 aromatic rings. The molecular weight excluding hydrogens is 393 g/mol. The van der Waals surface area contributed by atoms with E-state index >= 15 is 0 Å². The summed E-state index contributed by atoms with van der Waals surface area (Å²) in [5.41, 5.74) is -0.798. The summed E-state index contributed by atoms with van der Waals surface area (Å²) >= 11 is 1.36. The van der Waals surface area contributed by atoms with Crippen LogP contribution in [0.5, 0.6) is 0 Å². The Kier molecular flexibility index (Phi) is 7.15. The smallest absolute Gasteiger partial charge is 0.308 e. The molecule has 0 radical (unpaired) electrons. The molecule has 0 fully saturated rings. The number of hydrogen-bond acceptors (Lipinski definition) is 7. The summed E-state index contributed by atoms with van der Waals surface area (Å²) in [7, 11) is 0. The van der Waals surface area contributed by atoms with Gasteiger partial charge in [-0.25, -0.2) is 0 Å². The highest BCUT2D eigenvalue weighted by molar-refractivity contribution is 7.10. The second-order valence-corrected chi connectivity index (χ2v) is 6.58. The molecular formula is C17H16FN3O6S. The second-order valence-electron chi connectivity index (χ2n) is 5.60. The molecule has 0 aliphatic heterocycles. The van der Waals surface area contributed by atoms with Crippen LogP contribution >= 0.6 is 11.3 Å². The van der Waals surface area contributed by atoms with Crippen molar-refractivity contribution in [3.63, 3.8) is 0 Å². The zero-order chi connectivity index (χ0) is 20.7. The van der Waals surface area contributed by atoms with Crippen molar-refractivity contribution in [3.05, 3.63) is 56.5 Å². The van der Waals surface area contributed by atoms with Gasteiger partial charge in [0, 0.05) is 23.6 Å². The van der Waals surface area contributed by atoms with Crippen molar-refractivity contribution in [1.29, 1.82) is 0 Å². The third-order valence-electron chi connectivity index (χ3n) is 3.43. The number of hydrogen-bond donors (Lipinski definition) is 2. The molecule has 0 aliphatic rings. The van der Waals surface area contributed by atoms with Crippen molar-refractivity contribution in [2.45, 2.75) is 19.4 Å². The van der Waals surface area contributed by atoms with Crippen molar-refractivity contribution < 1.29 is 28.4 Å². The molecule has 0 aliphatic carbocycles. The van der Waals surface area contributed by atoms with E-state index in [9.17, 15) is 28.9 Å². The summed E-state index contributed by atoms with van der Waals surface area (Å²) in [6, 6.07) is 5.80. The average molecular weight is 409 g/mol. The molecule has 0 saturated heterocycles. The summed E-state index contributed by atoms with van der Waals surface area (Å²) in [5.74, 6) is -2.82. The van der Waals surface area contributed by atoms with Crippen molar-refractivity contribution in [2.24, 2.45) is 0 Å². The standard InChI is InChI=1S/C17H16FN3O6S/c1-10(22)19-13(15-3-2-6-28-15)8-17(24)27-9-16(23)20-11-4-5-12(18)14(7-11)21(25)26/h2-7,13H,8-9H2,1H3,(H,19,22)(H,20,23). The van der Waals surface area contributed by atoms with Gasteiger partial charge >= 0.3 is 11.7 Å². The summed E-state index contributed by atoms with van der Waals surface area (Å²) < 4.78 is 18.2. The predicted molar refractivity (Wildman–Crippen MR) is 98.1 cm³/mol. The fourth-order valence-corrected chi connectivity index (χ4v) is 3.03. The maximum absolute atomic E-state index is 13.3. The van der Waals surface area contributed by atoms with Gasteiger partial charge in [-0.2, -0.15) is 4.39 Å². The van der Waals surface area contributed by atoms with Gasteiger partial charge in [0.15, 0.2) is 6.61 Å². The molecule has 28 heavy (non-hydrogen) atoms. The van der Waals surface area contributed by atoms with Crippen LogP contribution < -0.4 is 10.6 Å². The molecule has 0 saturated carbocycles. The van der Waals surface area contributed by atoms with E-state index in [4.69, 9.17) is 4.74 Å². The van der Waals surface area contributed by atoms with E-state index in [-0.39, 0.29) is 18.0 Å². The molecule has 1 atom stereocenters. The number of carbonyl (C=O) groups excluding carboxylic acids is 3. The number of thiophene rings is 1. The van der Waals surface area contributed by atoms with Crippen molar-refractivity contribution >= 4 is 40.5 Å². The maximum Gasteiger partial charge on any atom is 0.308 e. The Morgan fingerprint density at radius 2 is 2.07 bits per heavy atom. The Labute approximate surface area is 162 Å². The number of nitro benzene ring substituents is 1. The number of nitrogens with zero attached hydrogens (tertiary/aromatic N) is 1. The number of nitro groups is 1. The number of carbonyl (C=O) groups is 3. The van der Waals surface area contributed by atoms with Crippen LogP contribution in [0.2, 0.25) is 0 Å². The van der Waals surface area contributed by atoms with Crippen LogP contribution in [0.3, 0.4) is 0 Å². The molecule has 0 spiro atoms. The lowest BCUT2D eigenvalue weighted by molar-refractivity contribution is -0.387. The predicted octanol–water partition coefficient (Wildman–Crippen LogP) is 2.54. The molecule has 1 aromatic carbocycles. The van der Waals surface area contributed by atoms with Gasteiger partial charge < -0.3 is 15.4 Å². The minimum Gasteiger partial charge on any atom is -0.455 e. The SMILES string of the molecule is CC(=O)NC(CC(=O)OCC(=O)Nc1ccc(F)c([N+](=O)[O-])c1)c1cccs1. The molecule has 1 heterocycles. The van der Waals surface area contributed by atoms with Gasteiger partial charge in [0.2, 0.25) is 11.7 Å². The molecule has 0 bridgehead atoms. The maximum atomic E-state index is 13.3. The number of anilines is 1. The van der Waals surface area contributed by atoms with Gasteiger partial charge in [-0.1, -0.05) is 6.07 Å². The summed E-state index contributed by atoms with van der Waals surface area (Å²) in [6.45, 7) is 0.683. The minimum absolute atomic E-state index is 0.0103. The van der Waals surface area contributed by atoms with Crippen LogP contribution in [0, 0.1) is 15.9 Å². The Balaban J connectivity index is 1.89. The third kappa shape index (κ3) is 6.13. The van der Waals surface area contributed by atoms with Gasteiger partial charge in [-0.3, -0.25) is 24.5 Å². The molecule has 9 nitrogen and oxygen atoms in total. The highest BCUT2D eigenvalue weighted by atomic mass is 32.1. The second kappa shape index (κ2) is 9.55. The van der Waals surface area contributed by atoms with Gasteiger partial charge in [0.05, 0.1) is 17.4 Å². The first-order valence-corrected chi connectivity index (χ1v) is 8.84. The van der Waals surface area contributed by atoms with Crippen LogP contribution in [-0.2, 0) is 19.1 Å². The molecule has 2 rings (SSSR count). The fourth-order valence-electron chi connectivity index (χ4n) is 2.26. The zero-order valence-electron chi connectivity index (χ0n) is 14.6. The van der Waals surface area contributed by atoms with Crippen LogP contribution in [0.25, 0.3) is 0 Å². The normalized spacial score (nSPS) is 11.4. The minimum atomic E-state index is -1.04. The van der Waals surface area contributed by atoms with Gasteiger partial charge in [0.25, 0.3) is 5.91 Å². The number of nitrogens with one attached hydrogen (secondary N) is 2. The Morgan fingerprint density at radius 1 is 1.32 bits per heavy atom. The fraction of sp³-hybridized carbons (Fsp3) is 0.235. The van der Waals surface area contributed by atoms with Crippen molar-refractivity contribution in [2.75, 3.05) is 11.9 Å². The van der Waals surface area contributed by atoms with Crippen LogP contribution in [0.1, 0.15) is 24.3 Å². The summed E-state index contributed by atoms with van der Waals surface area (Å²) in [5, 5.41) is 17.4. The lowest BCUT2D eigenvalue weighted by Gasteiger charge is -2.15. The van der Waals surface area contributed by atoms with E-state index < -0.39 is 41.0 Å². The molecule has 2 amide bonds. The van der Waals surface area contributed by atoms with E-state index in [0.29, 0.717) is 0 Å². The number of benzene rings is 1. The van der Waals surface area contributed by atoms with E-state index in [0.717, 1.165) is 23.1 Å². The van der Waals surface area contributed by atoms with Gasteiger partial charge in [0.1, 0.15) is 0 Å². The van der Waals surface area contributed by atoms with E-state index in [1.54, 1.807) is 17.5 Å². The quantitative estimate of drug-likeness (QED) is 0.392. The largest absolute Gasteiger partial charge is 0.455 e. The number of amides is 2. The monoisotopic (exact) mass is 409 g/mol. The van der Waals surface area contributed by atoms with Crippen molar-refractivity contribution in [3.8, 4) is 0 Å². The van der Waals surface area contributed by atoms with Crippen LogP contribution in [0.15, 0.2) is 35.7 Å². The third-order valence-corrected chi connectivity index (χ3v) is 4.41. The highest BCUT2D eigenvalue weighted by Gasteiger charge is 2.20. The molecule has 1 aromatic heterocycles. The van der Waals surface area contributed by atoms with Crippen LogP contribution in [0.4, 0.5) is 15.8 Å². The first-order valence-electron chi connectivity index (χ1n) is 7.96. The lowest BCUT2D eigenvalue weighted by atomic mass is 10.1. The van der Waals surface area contributed by atoms with Crippen molar-refractivity contribution in [1.82, 2.24) is 5.32 Å². The summed E-state index contributed by atoms with van der Waals surface area (Å²) in [4.78, 5) is 45.7. The zero-order valence-corrected chi connectivity index (χ0v) is 15.5. The van der Waals surface area contributed by atoms with Gasteiger partial charge in [-0.05, 0) is 23.6 Å². The molecule has 2 N–H and O–H groups in total. The van der Waals surface area contributed by atoms with Gasteiger partial charge in [-0.15, -0.1) is 11.3 Å². The number of rotatable bonds is 8. The number of esters is 1. The van der Waals surface area contributed by atoms with E-state index in [2.05, 4.69) is 10.6 Å².